The highest BCUT2D eigenvalue weighted by atomic mass is 16.6. The fourth-order valence-electron chi connectivity index (χ4n) is 1.58. The molecule has 4 heteroatoms. The summed E-state index contributed by atoms with van der Waals surface area (Å²) in [5, 5.41) is 0. The Labute approximate surface area is 93.2 Å². The molecule has 0 aromatic heterocycles. The second-order valence-corrected chi connectivity index (χ2v) is 3.74. The molecule has 1 fully saturated rings. The molecule has 16 heavy (non-hydrogen) atoms. The first-order chi connectivity index (χ1) is 7.76. The molecule has 0 unspecified atom stereocenters. The fraction of sp³-hybridized carbons (Fsp3) is 0.333. The smallest absolute Gasteiger partial charge is 0.339 e. The number of hydrogen-bond acceptors (Lipinski definition) is 4. The molecular weight excluding hydrogens is 208 g/mol. The van der Waals surface area contributed by atoms with Gasteiger partial charge in [0.25, 0.3) is 0 Å². The van der Waals surface area contributed by atoms with Crippen molar-refractivity contribution in [3.05, 3.63) is 35.9 Å². The van der Waals surface area contributed by atoms with Gasteiger partial charge in [-0.25, -0.2) is 4.79 Å². The summed E-state index contributed by atoms with van der Waals surface area (Å²) in [5.74, 6) is -0.488. The molecule has 0 bridgehead atoms. The van der Waals surface area contributed by atoms with E-state index in [-0.39, 0.29) is 6.61 Å². The van der Waals surface area contributed by atoms with Gasteiger partial charge in [-0.15, -0.1) is 0 Å². The van der Waals surface area contributed by atoms with E-state index in [0.29, 0.717) is 24.9 Å². The fourth-order valence-corrected chi connectivity index (χ4v) is 1.58. The van der Waals surface area contributed by atoms with Gasteiger partial charge in [-0.1, -0.05) is 18.2 Å². The van der Waals surface area contributed by atoms with Gasteiger partial charge in [0.15, 0.2) is 11.9 Å². The molecule has 0 aliphatic carbocycles. The minimum Gasteiger partial charge on any atom is -0.445 e. The molecule has 0 amide bonds. The van der Waals surface area contributed by atoms with E-state index in [1.807, 2.05) is 6.07 Å². The lowest BCUT2D eigenvalue weighted by atomic mass is 10.1. The molecule has 1 saturated heterocycles. The van der Waals surface area contributed by atoms with Crippen molar-refractivity contribution in [2.45, 2.75) is 12.0 Å². The Morgan fingerprint density at radius 3 is 2.69 bits per heavy atom. The topological polar surface area (TPSA) is 52.6 Å². The number of ether oxygens (including phenoxy) is 2. The summed E-state index contributed by atoms with van der Waals surface area (Å²) in [4.78, 5) is 22.7. The first-order valence-corrected chi connectivity index (χ1v) is 5.08. The zero-order chi connectivity index (χ0) is 11.4. The van der Waals surface area contributed by atoms with Gasteiger partial charge in [0.1, 0.15) is 0 Å². The highest BCUT2D eigenvalue weighted by Crippen LogP contribution is 2.22. The Bertz CT molecular complexity index is 379. The lowest BCUT2D eigenvalue weighted by Crippen LogP contribution is -2.37. The van der Waals surface area contributed by atoms with Crippen molar-refractivity contribution in [1.29, 1.82) is 0 Å². The van der Waals surface area contributed by atoms with Crippen molar-refractivity contribution in [2.75, 3.05) is 13.2 Å². The van der Waals surface area contributed by atoms with E-state index >= 15 is 0 Å². The zero-order valence-electron chi connectivity index (χ0n) is 8.72. The number of aldehydes is 1. The monoisotopic (exact) mass is 220 g/mol. The summed E-state index contributed by atoms with van der Waals surface area (Å²) in [6.07, 6.45) is 1.08. The number of hydrogen-bond donors (Lipinski definition) is 0. The third kappa shape index (κ3) is 2.12. The van der Waals surface area contributed by atoms with Gasteiger partial charge >= 0.3 is 5.97 Å². The van der Waals surface area contributed by atoms with Gasteiger partial charge in [-0.05, 0) is 12.1 Å². The van der Waals surface area contributed by atoms with E-state index in [1.165, 1.54) is 0 Å². The first-order valence-electron chi connectivity index (χ1n) is 5.08. The molecule has 1 aromatic carbocycles. The quantitative estimate of drug-likeness (QED) is 0.567. The van der Waals surface area contributed by atoms with Crippen molar-refractivity contribution >= 4 is 12.3 Å². The highest BCUT2D eigenvalue weighted by molar-refractivity contribution is 5.91. The SMILES string of the molecule is O=C[C@@]1(OC(=O)c2ccccc2)CCOC1. The first kappa shape index (κ1) is 10.8. The number of carbonyl (C=O) groups excluding carboxylic acids is 2. The van der Waals surface area contributed by atoms with Crippen molar-refractivity contribution < 1.29 is 19.1 Å². The van der Waals surface area contributed by atoms with Crippen LogP contribution in [0.4, 0.5) is 0 Å². The second-order valence-electron chi connectivity index (χ2n) is 3.74. The van der Waals surface area contributed by atoms with Crippen LogP contribution >= 0.6 is 0 Å². The number of carbonyl (C=O) groups is 2. The summed E-state index contributed by atoms with van der Waals surface area (Å²) in [6, 6.07) is 8.60. The van der Waals surface area contributed by atoms with Crippen LogP contribution in [0.25, 0.3) is 0 Å². The van der Waals surface area contributed by atoms with Crippen LogP contribution in [0, 0.1) is 0 Å². The van der Waals surface area contributed by atoms with Crippen LogP contribution in [0.3, 0.4) is 0 Å². The predicted octanol–water partition coefficient (Wildman–Crippen LogP) is 1.20. The number of esters is 1. The van der Waals surface area contributed by atoms with Crippen molar-refractivity contribution in [2.24, 2.45) is 0 Å². The summed E-state index contributed by atoms with van der Waals surface area (Å²) in [5.41, 5.74) is -0.650. The molecule has 0 N–H and O–H groups in total. The lowest BCUT2D eigenvalue weighted by molar-refractivity contribution is -0.125. The molecule has 84 valence electrons. The van der Waals surface area contributed by atoms with Crippen LogP contribution < -0.4 is 0 Å². The molecule has 2 rings (SSSR count). The molecule has 0 radical (unpaired) electrons. The molecule has 1 aromatic rings. The van der Waals surface area contributed by atoms with Crippen molar-refractivity contribution in [3.63, 3.8) is 0 Å². The van der Waals surface area contributed by atoms with E-state index in [0.717, 1.165) is 0 Å². The van der Waals surface area contributed by atoms with E-state index in [4.69, 9.17) is 9.47 Å². The normalized spacial score (nSPS) is 24.0. The minimum absolute atomic E-state index is 0.148. The van der Waals surface area contributed by atoms with Gasteiger partial charge in [0.2, 0.25) is 0 Å². The Balaban J connectivity index is 2.10. The van der Waals surface area contributed by atoms with Crippen LogP contribution in [0.1, 0.15) is 16.8 Å². The van der Waals surface area contributed by atoms with Gasteiger partial charge in [-0.3, -0.25) is 4.79 Å². The molecule has 1 aliphatic heterocycles. The summed E-state index contributed by atoms with van der Waals surface area (Å²) < 4.78 is 10.3. The summed E-state index contributed by atoms with van der Waals surface area (Å²) in [7, 11) is 0. The molecule has 1 heterocycles. The third-order valence-electron chi connectivity index (χ3n) is 2.54. The zero-order valence-corrected chi connectivity index (χ0v) is 8.72. The van der Waals surface area contributed by atoms with E-state index in [1.54, 1.807) is 24.3 Å². The Hall–Kier alpha value is -1.68. The number of rotatable bonds is 3. The van der Waals surface area contributed by atoms with Crippen LogP contribution in [0.5, 0.6) is 0 Å². The van der Waals surface area contributed by atoms with Crippen LogP contribution in [-0.4, -0.2) is 31.1 Å². The van der Waals surface area contributed by atoms with Crippen molar-refractivity contribution in [1.82, 2.24) is 0 Å². The third-order valence-corrected chi connectivity index (χ3v) is 2.54. The van der Waals surface area contributed by atoms with Crippen LogP contribution in [-0.2, 0) is 14.3 Å². The van der Waals surface area contributed by atoms with Gasteiger partial charge in [-0.2, -0.15) is 0 Å². The van der Waals surface area contributed by atoms with Crippen LogP contribution in [0.15, 0.2) is 30.3 Å². The van der Waals surface area contributed by atoms with E-state index in [2.05, 4.69) is 0 Å². The Morgan fingerprint density at radius 2 is 2.12 bits per heavy atom. The summed E-state index contributed by atoms with van der Waals surface area (Å²) >= 11 is 0. The highest BCUT2D eigenvalue weighted by Gasteiger charge is 2.38. The van der Waals surface area contributed by atoms with Gasteiger partial charge in [0, 0.05) is 6.42 Å². The van der Waals surface area contributed by atoms with Gasteiger partial charge in [0.05, 0.1) is 18.8 Å². The molecule has 1 atom stereocenters. The lowest BCUT2D eigenvalue weighted by Gasteiger charge is -2.20. The maximum atomic E-state index is 11.7. The van der Waals surface area contributed by atoms with E-state index < -0.39 is 11.6 Å². The second kappa shape index (κ2) is 4.45. The molecule has 0 spiro atoms. The molecule has 0 saturated carbocycles. The van der Waals surface area contributed by atoms with Crippen molar-refractivity contribution in [3.8, 4) is 0 Å². The Morgan fingerprint density at radius 1 is 1.38 bits per heavy atom. The van der Waals surface area contributed by atoms with Crippen LogP contribution in [0.2, 0.25) is 0 Å². The van der Waals surface area contributed by atoms with Gasteiger partial charge < -0.3 is 9.47 Å². The average molecular weight is 220 g/mol. The molecular formula is C12H12O4. The number of benzene rings is 1. The molecule has 4 nitrogen and oxygen atoms in total. The molecule has 1 aliphatic rings. The Kier molecular flexibility index (Phi) is 3.01. The average Bonchev–Trinajstić information content (AvgIpc) is 2.79. The minimum atomic E-state index is -1.09. The maximum absolute atomic E-state index is 11.7. The maximum Gasteiger partial charge on any atom is 0.339 e. The summed E-state index contributed by atoms with van der Waals surface area (Å²) in [6.45, 7) is 0.593. The largest absolute Gasteiger partial charge is 0.445 e. The van der Waals surface area contributed by atoms with E-state index in [9.17, 15) is 9.59 Å². The predicted molar refractivity (Wildman–Crippen MR) is 56.1 cm³/mol. The standard InChI is InChI=1S/C12H12O4/c13-8-12(6-7-15-9-12)16-11(14)10-4-2-1-3-5-10/h1-5,8H,6-7,9H2/t12-/m0/s1.